The monoisotopic (exact) mass is 337 g/mol. The summed E-state index contributed by atoms with van der Waals surface area (Å²) >= 11 is 1.71. The van der Waals surface area contributed by atoms with E-state index in [1.54, 1.807) is 18.4 Å². The number of hydrogen-bond donors (Lipinski definition) is 1. The van der Waals surface area contributed by atoms with Gasteiger partial charge < -0.3 is 14.8 Å². The second kappa shape index (κ2) is 9.15. The van der Waals surface area contributed by atoms with Crippen molar-refractivity contribution in [1.82, 2.24) is 9.97 Å². The lowest BCUT2D eigenvalue weighted by Gasteiger charge is -2.10. The molecule has 2 aromatic rings. The maximum absolute atomic E-state index is 5.49. The Morgan fingerprint density at radius 3 is 2.78 bits per heavy atom. The molecule has 0 fully saturated rings. The number of methoxy groups -OCH3 is 1. The van der Waals surface area contributed by atoms with Gasteiger partial charge in [0.25, 0.3) is 0 Å². The van der Waals surface area contributed by atoms with Crippen LogP contribution in [0.2, 0.25) is 0 Å². The number of fused-ring (bicyclic) bond motifs is 1. The van der Waals surface area contributed by atoms with Gasteiger partial charge in [0.15, 0.2) is 0 Å². The molecule has 0 aliphatic carbocycles. The molecule has 6 heteroatoms. The number of aryl methyl sites for hydroxylation is 1. The first-order valence-corrected chi connectivity index (χ1v) is 9.05. The fourth-order valence-electron chi connectivity index (χ4n) is 2.45. The first-order chi connectivity index (χ1) is 11.1. The topological polar surface area (TPSA) is 56.3 Å². The van der Waals surface area contributed by atoms with Crippen molar-refractivity contribution in [2.24, 2.45) is 5.92 Å². The van der Waals surface area contributed by atoms with Crippen molar-refractivity contribution in [2.45, 2.75) is 33.6 Å². The summed E-state index contributed by atoms with van der Waals surface area (Å²) in [5.41, 5.74) is 1.35. The third kappa shape index (κ3) is 5.41. The zero-order valence-corrected chi connectivity index (χ0v) is 15.3. The number of hydrogen-bond acceptors (Lipinski definition) is 6. The van der Waals surface area contributed by atoms with Gasteiger partial charge in [0.2, 0.25) is 0 Å². The molecule has 5 nitrogen and oxygen atoms in total. The second-order valence-corrected chi connectivity index (χ2v) is 6.90. The SMILES string of the molecule is COCCOCCCNc1nc(C)nc2scc(CC(C)C)c12. The van der Waals surface area contributed by atoms with Crippen molar-refractivity contribution < 1.29 is 9.47 Å². The largest absolute Gasteiger partial charge is 0.382 e. The fraction of sp³-hybridized carbons (Fsp3) is 0.647. The molecule has 0 bridgehead atoms. The van der Waals surface area contributed by atoms with Crippen LogP contribution in [0.1, 0.15) is 31.7 Å². The van der Waals surface area contributed by atoms with Crippen LogP contribution in [0, 0.1) is 12.8 Å². The van der Waals surface area contributed by atoms with Gasteiger partial charge in [-0.15, -0.1) is 11.3 Å². The van der Waals surface area contributed by atoms with E-state index in [9.17, 15) is 0 Å². The van der Waals surface area contributed by atoms with E-state index in [0.29, 0.717) is 19.1 Å². The van der Waals surface area contributed by atoms with E-state index in [4.69, 9.17) is 9.47 Å². The second-order valence-electron chi connectivity index (χ2n) is 6.04. The average Bonchev–Trinajstić information content (AvgIpc) is 2.88. The molecule has 1 N–H and O–H groups in total. The van der Waals surface area contributed by atoms with Gasteiger partial charge in [0, 0.05) is 20.3 Å². The smallest absolute Gasteiger partial charge is 0.138 e. The molecule has 0 saturated carbocycles. The molecule has 0 atom stereocenters. The third-order valence-electron chi connectivity index (χ3n) is 3.44. The normalized spacial score (nSPS) is 11.5. The van der Waals surface area contributed by atoms with E-state index in [2.05, 4.69) is 34.5 Å². The summed E-state index contributed by atoms with van der Waals surface area (Å²) in [6, 6.07) is 0. The minimum Gasteiger partial charge on any atom is -0.382 e. The van der Waals surface area contributed by atoms with Crippen LogP contribution in [0.5, 0.6) is 0 Å². The van der Waals surface area contributed by atoms with Crippen molar-refractivity contribution in [3.63, 3.8) is 0 Å². The Morgan fingerprint density at radius 1 is 1.22 bits per heavy atom. The van der Waals surface area contributed by atoms with E-state index < -0.39 is 0 Å². The highest BCUT2D eigenvalue weighted by molar-refractivity contribution is 7.17. The van der Waals surface area contributed by atoms with Gasteiger partial charge >= 0.3 is 0 Å². The maximum Gasteiger partial charge on any atom is 0.138 e. The number of thiophene rings is 1. The van der Waals surface area contributed by atoms with Crippen LogP contribution in [-0.4, -0.2) is 43.4 Å². The zero-order chi connectivity index (χ0) is 16.7. The van der Waals surface area contributed by atoms with E-state index in [-0.39, 0.29) is 0 Å². The van der Waals surface area contributed by atoms with Crippen LogP contribution >= 0.6 is 11.3 Å². The Bertz CT molecular complexity index is 613. The molecule has 0 saturated heterocycles. The molecule has 2 aromatic heterocycles. The Hall–Kier alpha value is -1.24. The van der Waals surface area contributed by atoms with Crippen molar-refractivity contribution in [3.05, 3.63) is 16.8 Å². The lowest BCUT2D eigenvalue weighted by atomic mass is 10.0. The Labute approximate surface area is 142 Å². The molecular formula is C17H27N3O2S. The molecule has 0 spiro atoms. The molecular weight excluding hydrogens is 310 g/mol. The van der Waals surface area contributed by atoms with Crippen LogP contribution in [0.25, 0.3) is 10.2 Å². The number of aromatic nitrogens is 2. The van der Waals surface area contributed by atoms with Crippen molar-refractivity contribution in [3.8, 4) is 0 Å². The van der Waals surface area contributed by atoms with Gasteiger partial charge in [-0.05, 0) is 36.6 Å². The molecule has 128 valence electrons. The highest BCUT2D eigenvalue weighted by atomic mass is 32.1. The summed E-state index contributed by atoms with van der Waals surface area (Å²) in [5.74, 6) is 2.40. The van der Waals surface area contributed by atoms with E-state index >= 15 is 0 Å². The fourth-order valence-corrected chi connectivity index (χ4v) is 3.45. The van der Waals surface area contributed by atoms with Gasteiger partial charge in [0.1, 0.15) is 16.5 Å². The molecule has 0 unspecified atom stereocenters. The van der Waals surface area contributed by atoms with Gasteiger partial charge in [-0.1, -0.05) is 13.8 Å². The maximum atomic E-state index is 5.49. The summed E-state index contributed by atoms with van der Waals surface area (Å²) < 4.78 is 10.4. The standard InChI is InChI=1S/C17H27N3O2S/c1-12(2)10-14-11-23-17-15(14)16(19-13(3)20-17)18-6-5-7-22-9-8-21-4/h11-12H,5-10H2,1-4H3,(H,18,19,20). The third-order valence-corrected chi connectivity index (χ3v) is 4.36. The molecule has 0 aromatic carbocycles. The first kappa shape index (κ1) is 18.1. The quantitative estimate of drug-likeness (QED) is 0.671. The lowest BCUT2D eigenvalue weighted by molar-refractivity contribution is 0.0705. The minimum absolute atomic E-state index is 0.621. The van der Waals surface area contributed by atoms with E-state index in [1.807, 2.05) is 6.92 Å². The van der Waals surface area contributed by atoms with Crippen LogP contribution in [-0.2, 0) is 15.9 Å². The summed E-state index contributed by atoms with van der Waals surface area (Å²) in [7, 11) is 1.68. The zero-order valence-electron chi connectivity index (χ0n) is 14.5. The van der Waals surface area contributed by atoms with E-state index in [0.717, 1.165) is 42.5 Å². The number of nitrogens with one attached hydrogen (secondary N) is 1. The highest BCUT2D eigenvalue weighted by Crippen LogP contribution is 2.31. The number of anilines is 1. The molecule has 23 heavy (non-hydrogen) atoms. The van der Waals surface area contributed by atoms with Gasteiger partial charge in [-0.25, -0.2) is 9.97 Å². The lowest BCUT2D eigenvalue weighted by Crippen LogP contribution is -2.10. The molecule has 2 heterocycles. The van der Waals surface area contributed by atoms with Gasteiger partial charge in [-0.3, -0.25) is 0 Å². The summed E-state index contributed by atoms with van der Waals surface area (Å²) in [4.78, 5) is 10.3. The van der Waals surface area contributed by atoms with Gasteiger partial charge in [0.05, 0.1) is 18.6 Å². The number of nitrogens with zero attached hydrogens (tertiary/aromatic N) is 2. The Balaban J connectivity index is 1.99. The summed E-state index contributed by atoms with van der Waals surface area (Å²) in [6.45, 7) is 9.29. The molecule has 0 amide bonds. The summed E-state index contributed by atoms with van der Waals surface area (Å²) in [5, 5.41) is 6.87. The highest BCUT2D eigenvalue weighted by Gasteiger charge is 2.13. The predicted molar refractivity (Wildman–Crippen MR) is 96.5 cm³/mol. The summed E-state index contributed by atoms with van der Waals surface area (Å²) in [6.07, 6.45) is 2.00. The predicted octanol–water partition coefficient (Wildman–Crippen LogP) is 3.66. The first-order valence-electron chi connectivity index (χ1n) is 8.17. The van der Waals surface area contributed by atoms with Gasteiger partial charge in [-0.2, -0.15) is 0 Å². The Morgan fingerprint density at radius 2 is 2.04 bits per heavy atom. The van der Waals surface area contributed by atoms with Crippen LogP contribution < -0.4 is 5.32 Å². The van der Waals surface area contributed by atoms with Crippen LogP contribution in [0.4, 0.5) is 5.82 Å². The number of rotatable bonds is 10. The molecule has 2 rings (SSSR count). The minimum atomic E-state index is 0.621. The molecule has 0 radical (unpaired) electrons. The van der Waals surface area contributed by atoms with Crippen molar-refractivity contribution in [2.75, 3.05) is 38.8 Å². The Kier molecular flexibility index (Phi) is 7.20. The van der Waals surface area contributed by atoms with Crippen LogP contribution in [0.15, 0.2) is 5.38 Å². The average molecular weight is 337 g/mol. The van der Waals surface area contributed by atoms with Crippen molar-refractivity contribution in [1.29, 1.82) is 0 Å². The van der Waals surface area contributed by atoms with E-state index in [1.165, 1.54) is 10.9 Å². The van der Waals surface area contributed by atoms with Crippen molar-refractivity contribution >= 4 is 27.4 Å². The van der Waals surface area contributed by atoms with Crippen LogP contribution in [0.3, 0.4) is 0 Å². The molecule has 0 aliphatic rings. The molecule has 0 aliphatic heterocycles. The number of ether oxygens (including phenoxy) is 2.